The number of hydrogen-bond acceptors (Lipinski definition) is 3. The predicted molar refractivity (Wildman–Crippen MR) is 80.7 cm³/mol. The molecule has 0 amide bonds. The molecule has 0 saturated heterocycles. The molecular weight excluding hydrogens is 258 g/mol. The maximum absolute atomic E-state index is 10.3. The van der Waals surface area contributed by atoms with Gasteiger partial charge in [-0.15, -0.1) is 0 Å². The van der Waals surface area contributed by atoms with Gasteiger partial charge in [-0.3, -0.25) is 4.57 Å². The molecule has 19 heavy (non-hydrogen) atoms. The minimum Gasteiger partial charge on any atom is -0.494 e. The molecule has 0 aliphatic heterocycles. The van der Waals surface area contributed by atoms with Gasteiger partial charge in [-0.1, -0.05) is 17.7 Å². The van der Waals surface area contributed by atoms with Gasteiger partial charge in [-0.25, -0.2) is 0 Å². The van der Waals surface area contributed by atoms with E-state index in [1.807, 2.05) is 39.8 Å². The zero-order valence-electron chi connectivity index (χ0n) is 11.6. The SMILES string of the molecule is Cc1cc(C)c(-n2c(O)cc(C(C)S)c2O)c(C)c1. The number of aryl methyl sites for hydroxylation is 3. The summed E-state index contributed by atoms with van der Waals surface area (Å²) in [6.45, 7) is 7.83. The highest BCUT2D eigenvalue weighted by Gasteiger charge is 2.20. The van der Waals surface area contributed by atoms with Gasteiger partial charge in [0, 0.05) is 16.9 Å². The number of benzene rings is 1. The Kier molecular flexibility index (Phi) is 3.54. The fourth-order valence-electron chi connectivity index (χ4n) is 2.56. The van der Waals surface area contributed by atoms with E-state index < -0.39 is 0 Å². The van der Waals surface area contributed by atoms with Gasteiger partial charge in [0.05, 0.1) is 5.69 Å². The standard InChI is InChI=1S/C15H19NO2S/c1-8-5-9(2)14(10(3)6-8)16-13(17)7-12(11(4)19)15(16)18/h5-7,11,17-19H,1-4H3. The topological polar surface area (TPSA) is 45.4 Å². The summed E-state index contributed by atoms with van der Waals surface area (Å²) in [5.74, 6) is 0.0820. The smallest absolute Gasteiger partial charge is 0.203 e. The van der Waals surface area contributed by atoms with Crippen LogP contribution in [0.2, 0.25) is 0 Å². The maximum Gasteiger partial charge on any atom is 0.203 e. The van der Waals surface area contributed by atoms with Gasteiger partial charge in [-0.05, 0) is 38.8 Å². The molecule has 2 rings (SSSR count). The Labute approximate surface area is 118 Å². The van der Waals surface area contributed by atoms with Gasteiger partial charge in [-0.2, -0.15) is 12.6 Å². The predicted octanol–water partition coefficient (Wildman–Crippen LogP) is 3.80. The van der Waals surface area contributed by atoms with Crippen LogP contribution in [0.25, 0.3) is 5.69 Å². The van der Waals surface area contributed by atoms with Crippen molar-refractivity contribution in [3.8, 4) is 17.4 Å². The molecule has 4 heteroatoms. The number of nitrogens with zero attached hydrogens (tertiary/aromatic N) is 1. The molecule has 2 aromatic rings. The molecule has 1 atom stereocenters. The summed E-state index contributed by atoms with van der Waals surface area (Å²) in [4.78, 5) is 0. The van der Waals surface area contributed by atoms with Crippen LogP contribution in [0.4, 0.5) is 0 Å². The van der Waals surface area contributed by atoms with Crippen molar-refractivity contribution >= 4 is 12.6 Å². The molecular formula is C15H19NO2S. The highest BCUT2D eigenvalue weighted by Crippen LogP contribution is 2.39. The van der Waals surface area contributed by atoms with Crippen molar-refractivity contribution in [2.24, 2.45) is 0 Å². The Balaban J connectivity index is 2.73. The molecule has 2 N–H and O–H groups in total. The van der Waals surface area contributed by atoms with Gasteiger partial charge < -0.3 is 10.2 Å². The van der Waals surface area contributed by atoms with Crippen LogP contribution in [-0.4, -0.2) is 14.8 Å². The van der Waals surface area contributed by atoms with E-state index in [-0.39, 0.29) is 17.0 Å². The first-order valence-electron chi connectivity index (χ1n) is 6.22. The van der Waals surface area contributed by atoms with E-state index in [0.717, 1.165) is 22.4 Å². The highest BCUT2D eigenvalue weighted by atomic mass is 32.1. The third kappa shape index (κ3) is 2.32. The second kappa shape index (κ2) is 4.85. The number of rotatable bonds is 2. The summed E-state index contributed by atoms with van der Waals surface area (Å²) >= 11 is 4.31. The fraction of sp³-hybridized carbons (Fsp3) is 0.333. The lowest BCUT2D eigenvalue weighted by Crippen LogP contribution is -2.00. The lowest BCUT2D eigenvalue weighted by Gasteiger charge is -2.15. The monoisotopic (exact) mass is 277 g/mol. The Morgan fingerprint density at radius 3 is 2.00 bits per heavy atom. The molecule has 1 unspecified atom stereocenters. The van der Waals surface area contributed by atoms with Crippen LogP contribution in [0, 0.1) is 20.8 Å². The van der Waals surface area contributed by atoms with Gasteiger partial charge in [0.2, 0.25) is 5.88 Å². The summed E-state index contributed by atoms with van der Waals surface area (Å²) in [5.41, 5.74) is 4.63. The minimum absolute atomic E-state index is 0.0310. The van der Waals surface area contributed by atoms with Crippen LogP contribution < -0.4 is 0 Å². The average Bonchev–Trinajstić information content (AvgIpc) is 2.55. The number of thiol groups is 1. The molecule has 0 radical (unpaired) electrons. The Morgan fingerprint density at radius 1 is 1.05 bits per heavy atom. The molecule has 0 aliphatic rings. The van der Waals surface area contributed by atoms with Crippen LogP contribution in [0.15, 0.2) is 18.2 Å². The average molecular weight is 277 g/mol. The van der Waals surface area contributed by atoms with Crippen LogP contribution in [0.5, 0.6) is 11.8 Å². The summed E-state index contributed by atoms with van der Waals surface area (Å²) < 4.78 is 1.48. The lowest BCUT2D eigenvalue weighted by atomic mass is 10.0. The number of aromatic nitrogens is 1. The highest BCUT2D eigenvalue weighted by molar-refractivity contribution is 7.80. The van der Waals surface area contributed by atoms with E-state index in [9.17, 15) is 10.2 Å². The number of hydrogen-bond donors (Lipinski definition) is 3. The molecule has 0 aliphatic carbocycles. The largest absolute Gasteiger partial charge is 0.494 e. The van der Waals surface area contributed by atoms with Crippen LogP contribution in [0.3, 0.4) is 0 Å². The molecule has 1 aromatic carbocycles. The molecule has 1 aromatic heterocycles. The molecule has 3 nitrogen and oxygen atoms in total. The quantitative estimate of drug-likeness (QED) is 0.731. The van der Waals surface area contributed by atoms with E-state index in [1.54, 1.807) is 6.07 Å². The van der Waals surface area contributed by atoms with Gasteiger partial charge in [0.15, 0.2) is 5.88 Å². The lowest BCUT2D eigenvalue weighted by molar-refractivity contribution is 0.400. The third-order valence-corrected chi connectivity index (χ3v) is 3.57. The van der Waals surface area contributed by atoms with Crippen LogP contribution in [0.1, 0.15) is 34.4 Å². The minimum atomic E-state index is -0.141. The van der Waals surface area contributed by atoms with Crippen molar-refractivity contribution < 1.29 is 10.2 Å². The molecule has 0 saturated carbocycles. The van der Waals surface area contributed by atoms with Crippen molar-refractivity contribution in [2.75, 3.05) is 0 Å². The summed E-state index contributed by atoms with van der Waals surface area (Å²) in [6.07, 6.45) is 0. The first kappa shape index (κ1) is 13.9. The molecule has 0 spiro atoms. The Hall–Kier alpha value is -1.55. The summed E-state index contributed by atoms with van der Waals surface area (Å²) in [7, 11) is 0. The summed E-state index contributed by atoms with van der Waals surface area (Å²) in [6, 6.07) is 5.63. The Morgan fingerprint density at radius 2 is 1.58 bits per heavy atom. The fourth-order valence-corrected chi connectivity index (χ4v) is 2.75. The van der Waals surface area contributed by atoms with E-state index in [0.29, 0.717) is 5.56 Å². The normalized spacial score (nSPS) is 12.7. The van der Waals surface area contributed by atoms with Gasteiger partial charge in [0.25, 0.3) is 0 Å². The number of aromatic hydroxyl groups is 2. The van der Waals surface area contributed by atoms with Crippen LogP contribution >= 0.6 is 12.6 Å². The zero-order chi connectivity index (χ0) is 14.3. The zero-order valence-corrected chi connectivity index (χ0v) is 12.5. The first-order chi connectivity index (χ1) is 8.82. The molecule has 0 fully saturated rings. The van der Waals surface area contributed by atoms with Crippen molar-refractivity contribution in [3.63, 3.8) is 0 Å². The second-order valence-corrected chi connectivity index (χ2v) is 5.81. The summed E-state index contributed by atoms with van der Waals surface area (Å²) in [5, 5.41) is 20.3. The second-order valence-electron chi connectivity index (χ2n) is 5.04. The van der Waals surface area contributed by atoms with E-state index in [2.05, 4.69) is 12.6 Å². The van der Waals surface area contributed by atoms with E-state index >= 15 is 0 Å². The van der Waals surface area contributed by atoms with Gasteiger partial charge >= 0.3 is 0 Å². The van der Waals surface area contributed by atoms with E-state index in [4.69, 9.17) is 0 Å². The van der Waals surface area contributed by atoms with Gasteiger partial charge in [0.1, 0.15) is 0 Å². The molecule has 102 valence electrons. The van der Waals surface area contributed by atoms with Crippen molar-refractivity contribution in [2.45, 2.75) is 32.9 Å². The molecule has 1 heterocycles. The van der Waals surface area contributed by atoms with Crippen molar-refractivity contribution in [1.82, 2.24) is 4.57 Å². The molecule has 0 bridgehead atoms. The van der Waals surface area contributed by atoms with Crippen LogP contribution in [-0.2, 0) is 0 Å². The Bertz CT molecular complexity index is 606. The van der Waals surface area contributed by atoms with E-state index in [1.165, 1.54) is 4.57 Å². The third-order valence-electron chi connectivity index (χ3n) is 3.29. The van der Waals surface area contributed by atoms with Crippen molar-refractivity contribution in [1.29, 1.82) is 0 Å². The maximum atomic E-state index is 10.3. The first-order valence-corrected chi connectivity index (χ1v) is 6.74. The van der Waals surface area contributed by atoms with Crippen molar-refractivity contribution in [3.05, 3.63) is 40.5 Å².